The van der Waals surface area contributed by atoms with Gasteiger partial charge in [0.1, 0.15) is 34.6 Å². The number of hydrogen-bond donors (Lipinski definition) is 6. The number of furan rings is 1. The maximum absolute atomic E-state index is 14.9. The van der Waals surface area contributed by atoms with E-state index >= 15 is 0 Å². The molecule has 0 radical (unpaired) electrons. The van der Waals surface area contributed by atoms with Crippen LogP contribution in [0.4, 0.5) is 47.3 Å². The molecule has 0 aliphatic rings. The van der Waals surface area contributed by atoms with E-state index in [-0.39, 0.29) is 44.3 Å². The van der Waals surface area contributed by atoms with Gasteiger partial charge in [-0.1, -0.05) is 36.4 Å². The van der Waals surface area contributed by atoms with Gasteiger partial charge in [0.25, 0.3) is 33.5 Å². The van der Waals surface area contributed by atoms with Gasteiger partial charge in [0.15, 0.2) is 17.5 Å². The van der Waals surface area contributed by atoms with Crippen molar-refractivity contribution in [1.29, 1.82) is 0 Å². The number of amides is 2. The zero-order valence-corrected chi connectivity index (χ0v) is 33.8. The highest BCUT2D eigenvalue weighted by Crippen LogP contribution is 2.44. The third kappa shape index (κ3) is 7.76. The van der Waals surface area contributed by atoms with E-state index in [1.807, 2.05) is 0 Å². The van der Waals surface area contributed by atoms with Crippen LogP contribution >= 0.6 is 11.3 Å². The molecule has 62 heavy (non-hydrogen) atoms. The molecule has 2 unspecified atom stereocenters. The minimum absolute atomic E-state index is 0.00981. The second-order valence-corrected chi connectivity index (χ2v) is 15.3. The monoisotopic (exact) mass is 868 g/mol. The second-order valence-electron chi connectivity index (χ2n) is 14.4. The van der Waals surface area contributed by atoms with Gasteiger partial charge in [0.2, 0.25) is 0 Å². The first-order chi connectivity index (χ1) is 29.4. The molecule has 0 bridgehead atoms. The molecular formula is C43H35F3N6O9S. The highest BCUT2D eigenvalue weighted by Gasteiger charge is 2.44. The van der Waals surface area contributed by atoms with Gasteiger partial charge in [-0.15, -0.1) is 11.3 Å². The number of halogens is 3. The summed E-state index contributed by atoms with van der Waals surface area (Å²) in [5.74, 6) is -1.80. The molecule has 2 atom stereocenters. The van der Waals surface area contributed by atoms with Gasteiger partial charge >= 0.3 is 6.18 Å². The number of hydrogen-bond acceptors (Lipinski definition) is 14. The molecule has 2 aromatic heterocycles. The number of rotatable bonds is 14. The molecule has 6 N–H and O–H groups in total. The van der Waals surface area contributed by atoms with Crippen molar-refractivity contribution in [3.8, 4) is 22.6 Å². The number of para-hydroxylation sites is 2. The van der Waals surface area contributed by atoms with E-state index in [9.17, 15) is 52.2 Å². The third-order valence-electron chi connectivity index (χ3n) is 9.93. The fraction of sp³-hybridized carbons (Fsp3) is 0.163. The lowest BCUT2D eigenvalue weighted by Crippen LogP contribution is -2.40. The number of carbonyl (C=O) groups is 2. The van der Waals surface area contributed by atoms with Crippen LogP contribution in [0.1, 0.15) is 49.0 Å². The van der Waals surface area contributed by atoms with Crippen LogP contribution in [-0.4, -0.2) is 66.2 Å². The first-order valence-electron chi connectivity index (χ1n) is 18.5. The van der Waals surface area contributed by atoms with Crippen molar-refractivity contribution in [3.05, 3.63) is 159 Å². The van der Waals surface area contributed by atoms with E-state index in [1.54, 1.807) is 24.3 Å². The van der Waals surface area contributed by atoms with Crippen molar-refractivity contribution in [2.75, 3.05) is 49.5 Å². The summed E-state index contributed by atoms with van der Waals surface area (Å²) in [7, 11) is 5.90. The summed E-state index contributed by atoms with van der Waals surface area (Å²) in [6.45, 7) is 0. The minimum Gasteiger partial charge on any atom is -0.505 e. The fourth-order valence-electron chi connectivity index (χ4n) is 6.68. The Labute approximate surface area is 352 Å². The number of phenols is 2. The minimum atomic E-state index is -4.99. The molecule has 5 aromatic carbocycles. The molecule has 2 heterocycles. The Balaban J connectivity index is 1.16. The average molecular weight is 869 g/mol. The SMILES string of the molecule is CN(C)C(=O)c1cccc(Nc2c(NC(c3ccc(-c4ccsc4C(Nc4c(Nc5cccc(C(=O)N(C)C)c5O)c(=O)c4=O)C(F)(F)F)cc3)c3ccco3)c(=O)c2=O)c1O. The number of benzene rings is 3. The molecule has 15 nitrogen and oxygen atoms in total. The standard InChI is InChI=1S/C43H35F3N6O9S/c1-51(2)41(59)23-8-5-10-25(33(23)53)47-29-31(37(57)35(29)55)49-28(27-12-7-18-61-27)21-15-13-20(14-16-21)22-17-19-62-39(22)40(43(44,45)46)50-32-30(36(56)38(32)58)48-26-11-6-9-24(34(26)54)42(60)52(3)4/h5-19,28,40,47-50,53-54H,1-4H3. The van der Waals surface area contributed by atoms with Crippen LogP contribution in [0, 0.1) is 0 Å². The molecule has 0 aliphatic carbocycles. The van der Waals surface area contributed by atoms with Crippen molar-refractivity contribution >= 4 is 57.3 Å². The molecule has 2 amide bonds. The smallest absolute Gasteiger partial charge is 0.413 e. The van der Waals surface area contributed by atoms with Crippen LogP contribution in [0.3, 0.4) is 0 Å². The van der Waals surface area contributed by atoms with Crippen molar-refractivity contribution in [1.82, 2.24) is 9.80 Å². The van der Waals surface area contributed by atoms with Gasteiger partial charge < -0.3 is 45.7 Å². The van der Waals surface area contributed by atoms with Crippen LogP contribution in [0.25, 0.3) is 11.1 Å². The number of carbonyl (C=O) groups excluding carboxylic acids is 2. The Kier molecular flexibility index (Phi) is 11.2. The summed E-state index contributed by atoms with van der Waals surface area (Å²) < 4.78 is 50.3. The number of phenolic OH excluding ortho intramolecular Hbond substituents is 2. The van der Waals surface area contributed by atoms with Crippen molar-refractivity contribution in [2.24, 2.45) is 0 Å². The number of thiophene rings is 1. The second kappa shape index (κ2) is 16.4. The van der Waals surface area contributed by atoms with Gasteiger partial charge in [-0.25, -0.2) is 0 Å². The number of aromatic hydroxyl groups is 2. The van der Waals surface area contributed by atoms with E-state index in [1.165, 1.54) is 104 Å². The van der Waals surface area contributed by atoms with E-state index in [4.69, 9.17) is 4.42 Å². The van der Waals surface area contributed by atoms with Crippen molar-refractivity contribution in [3.63, 3.8) is 0 Å². The third-order valence-corrected chi connectivity index (χ3v) is 10.9. The Hall–Kier alpha value is -7.67. The van der Waals surface area contributed by atoms with Crippen molar-refractivity contribution < 1.29 is 37.4 Å². The van der Waals surface area contributed by atoms with Gasteiger partial charge in [0.05, 0.1) is 28.8 Å². The summed E-state index contributed by atoms with van der Waals surface area (Å²) in [6.07, 6.45) is -3.60. The van der Waals surface area contributed by atoms with Crippen molar-refractivity contribution in [2.45, 2.75) is 18.3 Å². The van der Waals surface area contributed by atoms with Gasteiger partial charge in [0, 0.05) is 33.1 Å². The zero-order chi connectivity index (χ0) is 44.8. The molecular weight excluding hydrogens is 834 g/mol. The summed E-state index contributed by atoms with van der Waals surface area (Å²) in [5, 5.41) is 33.5. The summed E-state index contributed by atoms with van der Waals surface area (Å²) in [5.41, 5.74) is -5.11. The van der Waals surface area contributed by atoms with Crippen LogP contribution in [0.15, 0.2) is 114 Å². The lowest BCUT2D eigenvalue weighted by atomic mass is 9.97. The van der Waals surface area contributed by atoms with E-state index < -0.39 is 74.7 Å². The van der Waals surface area contributed by atoms with E-state index in [2.05, 4.69) is 21.3 Å². The number of alkyl halides is 3. The lowest BCUT2D eigenvalue weighted by molar-refractivity contribution is -0.143. The first-order valence-corrected chi connectivity index (χ1v) is 19.4. The van der Waals surface area contributed by atoms with Gasteiger partial charge in [-0.2, -0.15) is 13.2 Å². The van der Waals surface area contributed by atoms with E-state index in [0.717, 1.165) is 11.3 Å². The Bertz CT molecular complexity index is 2980. The van der Waals surface area contributed by atoms with E-state index in [0.29, 0.717) is 16.9 Å². The summed E-state index contributed by atoms with van der Waals surface area (Å²) in [4.78, 5) is 78.5. The highest BCUT2D eigenvalue weighted by atomic mass is 32.1. The van der Waals surface area contributed by atoms with Crippen LogP contribution in [0.5, 0.6) is 11.5 Å². The average Bonchev–Trinajstić information content (AvgIpc) is 3.96. The fourth-order valence-corrected chi connectivity index (χ4v) is 7.67. The van der Waals surface area contributed by atoms with Crippen LogP contribution in [0.2, 0.25) is 0 Å². The molecule has 0 fully saturated rings. The maximum atomic E-state index is 14.9. The predicted octanol–water partition coefficient (Wildman–Crippen LogP) is 6.42. The largest absolute Gasteiger partial charge is 0.505 e. The molecule has 0 spiro atoms. The number of nitrogens with one attached hydrogen (secondary N) is 4. The topological polar surface area (TPSA) is 211 Å². The molecule has 7 aromatic rings. The molecule has 0 saturated carbocycles. The lowest BCUT2D eigenvalue weighted by Gasteiger charge is -2.25. The Morgan fingerprint density at radius 1 is 0.661 bits per heavy atom. The first kappa shape index (κ1) is 42.5. The number of nitrogens with zero attached hydrogens (tertiary/aromatic N) is 2. The summed E-state index contributed by atoms with van der Waals surface area (Å²) in [6, 6.07) is 15.8. The molecule has 318 valence electrons. The highest BCUT2D eigenvalue weighted by molar-refractivity contribution is 7.10. The predicted molar refractivity (Wildman–Crippen MR) is 228 cm³/mol. The normalized spacial score (nSPS) is 12.5. The van der Waals surface area contributed by atoms with Gasteiger partial charge in [-0.05, 0) is 64.5 Å². The van der Waals surface area contributed by atoms with Crippen LogP contribution < -0.4 is 43.0 Å². The molecule has 0 saturated heterocycles. The number of anilines is 6. The molecule has 19 heteroatoms. The van der Waals surface area contributed by atoms with Gasteiger partial charge in [-0.3, -0.25) is 28.8 Å². The molecule has 0 aliphatic heterocycles. The molecule has 7 rings (SSSR count). The summed E-state index contributed by atoms with van der Waals surface area (Å²) >= 11 is 0.754. The maximum Gasteiger partial charge on any atom is 0.413 e. The Morgan fingerprint density at radius 2 is 1.16 bits per heavy atom. The zero-order valence-electron chi connectivity index (χ0n) is 33.0. The Morgan fingerprint density at radius 3 is 1.63 bits per heavy atom. The quantitative estimate of drug-likeness (QED) is 0.0516. The van der Waals surface area contributed by atoms with Crippen LogP contribution in [-0.2, 0) is 0 Å².